The van der Waals surface area contributed by atoms with Gasteiger partial charge in [-0.3, -0.25) is 24.0 Å². The van der Waals surface area contributed by atoms with Crippen LogP contribution in [0, 0.1) is 0 Å². The first-order valence-electron chi connectivity index (χ1n) is 7.51. The fraction of sp³-hybridized carbons (Fsp3) is 0.538. The lowest BCUT2D eigenvalue weighted by Gasteiger charge is -2.19. The summed E-state index contributed by atoms with van der Waals surface area (Å²) in [5, 5.41) is 23.6. The molecule has 0 heterocycles. The van der Waals surface area contributed by atoms with Gasteiger partial charge < -0.3 is 43.4 Å². The summed E-state index contributed by atoms with van der Waals surface area (Å²) in [5.41, 5.74) is 15.3. The third-order valence-electron chi connectivity index (χ3n) is 3.04. The van der Waals surface area contributed by atoms with Crippen LogP contribution in [0.25, 0.3) is 0 Å². The quantitative estimate of drug-likeness (QED) is 0.157. The molecule has 0 aliphatic carbocycles. The van der Waals surface area contributed by atoms with E-state index in [0.29, 0.717) is 0 Å². The van der Waals surface area contributed by atoms with E-state index in [-0.39, 0.29) is 0 Å². The minimum absolute atomic E-state index is 0.503. The topological polar surface area (TPSA) is 257 Å². The number of aliphatic hydroxyl groups excluding tert-OH is 1. The maximum Gasteiger partial charge on any atom is 0.328 e. The van der Waals surface area contributed by atoms with Crippen molar-refractivity contribution in [3.63, 3.8) is 0 Å². The number of carbonyl (C=O) groups is 6. The van der Waals surface area contributed by atoms with Gasteiger partial charge in [0.05, 0.1) is 32.0 Å². The first-order chi connectivity index (χ1) is 12.5. The van der Waals surface area contributed by atoms with Gasteiger partial charge in [-0.15, -0.1) is 0 Å². The van der Waals surface area contributed by atoms with Crippen LogP contribution in [0.2, 0.25) is 0 Å². The van der Waals surface area contributed by atoms with E-state index < -0.39 is 79.6 Å². The number of nitrogens with one attached hydrogen (secondary N) is 3. The Kier molecular flexibility index (Phi) is 10.0. The fourth-order valence-electron chi connectivity index (χ4n) is 1.72. The van der Waals surface area contributed by atoms with Crippen molar-refractivity contribution in [2.75, 3.05) is 13.2 Å². The number of amides is 5. The first-order valence-corrected chi connectivity index (χ1v) is 7.51. The number of aliphatic hydroxyl groups is 1. The van der Waals surface area contributed by atoms with Crippen molar-refractivity contribution >= 4 is 35.5 Å². The lowest BCUT2D eigenvalue weighted by atomic mass is 10.1. The number of carbonyl (C=O) groups excluding carboxylic acids is 5. The van der Waals surface area contributed by atoms with Crippen molar-refractivity contribution in [2.24, 2.45) is 17.2 Å². The van der Waals surface area contributed by atoms with E-state index in [1.807, 2.05) is 5.32 Å². The van der Waals surface area contributed by atoms with Crippen LogP contribution < -0.4 is 33.2 Å². The van der Waals surface area contributed by atoms with Crippen LogP contribution >= 0.6 is 0 Å². The number of hydrogen-bond donors (Lipinski definition) is 8. The average molecular weight is 390 g/mol. The highest BCUT2D eigenvalue weighted by Crippen LogP contribution is 1.96. The lowest BCUT2D eigenvalue weighted by Crippen LogP contribution is -2.55. The van der Waals surface area contributed by atoms with E-state index >= 15 is 0 Å². The molecule has 152 valence electrons. The molecule has 3 unspecified atom stereocenters. The molecule has 14 heteroatoms. The largest absolute Gasteiger partial charge is 0.480 e. The van der Waals surface area contributed by atoms with Crippen molar-refractivity contribution in [3.8, 4) is 0 Å². The van der Waals surface area contributed by atoms with Crippen molar-refractivity contribution in [1.29, 1.82) is 0 Å². The minimum Gasteiger partial charge on any atom is -0.480 e. The number of carboxylic acids is 1. The third-order valence-corrected chi connectivity index (χ3v) is 3.04. The first kappa shape index (κ1) is 23.7. The normalized spacial score (nSPS) is 13.6. The van der Waals surface area contributed by atoms with Gasteiger partial charge in [0.15, 0.2) is 0 Å². The Bertz CT molecular complexity index is 610. The molecule has 0 saturated carbocycles. The van der Waals surface area contributed by atoms with Gasteiger partial charge in [-0.05, 0) is 0 Å². The smallest absolute Gasteiger partial charge is 0.328 e. The molecule has 0 bridgehead atoms. The van der Waals surface area contributed by atoms with Crippen molar-refractivity contribution in [1.82, 2.24) is 16.0 Å². The molecule has 0 aliphatic rings. The molecular formula is C13H22N6O8. The van der Waals surface area contributed by atoms with Gasteiger partial charge in [-0.1, -0.05) is 0 Å². The number of hydrogen-bond acceptors (Lipinski definition) is 8. The van der Waals surface area contributed by atoms with Crippen LogP contribution in [0.4, 0.5) is 0 Å². The van der Waals surface area contributed by atoms with Crippen LogP contribution in [-0.4, -0.2) is 77.0 Å². The SMILES string of the molecule is NC(=O)CC(N)C(=O)NC(CC(N)=O)C(=O)NCC(=O)NC(CO)C(=O)O. The zero-order valence-corrected chi connectivity index (χ0v) is 14.1. The highest BCUT2D eigenvalue weighted by Gasteiger charge is 2.27. The molecule has 0 aromatic rings. The summed E-state index contributed by atoms with van der Waals surface area (Å²) in [4.78, 5) is 67.9. The van der Waals surface area contributed by atoms with Crippen LogP contribution in [0.3, 0.4) is 0 Å². The zero-order valence-electron chi connectivity index (χ0n) is 14.1. The minimum atomic E-state index is -1.57. The Morgan fingerprint density at radius 2 is 1.41 bits per heavy atom. The van der Waals surface area contributed by atoms with E-state index in [1.54, 1.807) is 0 Å². The molecule has 0 aliphatic heterocycles. The second kappa shape index (κ2) is 11.4. The van der Waals surface area contributed by atoms with E-state index in [0.717, 1.165) is 0 Å². The molecule has 0 rings (SSSR count). The zero-order chi connectivity index (χ0) is 21.1. The summed E-state index contributed by atoms with van der Waals surface area (Å²) in [6, 6.07) is -4.42. The van der Waals surface area contributed by atoms with E-state index in [9.17, 15) is 28.8 Å². The van der Waals surface area contributed by atoms with Crippen molar-refractivity contribution < 1.29 is 39.0 Å². The number of carboxylic acid groups (broad SMARTS) is 1. The second-order valence-corrected chi connectivity index (χ2v) is 5.37. The predicted octanol–water partition coefficient (Wildman–Crippen LogP) is -5.77. The van der Waals surface area contributed by atoms with Gasteiger partial charge >= 0.3 is 5.97 Å². The summed E-state index contributed by atoms with van der Waals surface area (Å²) in [5.74, 6) is -6.18. The molecule has 0 aromatic carbocycles. The summed E-state index contributed by atoms with van der Waals surface area (Å²) >= 11 is 0. The van der Waals surface area contributed by atoms with Crippen LogP contribution in [0.1, 0.15) is 12.8 Å². The summed E-state index contributed by atoms with van der Waals surface area (Å²) in [6.45, 7) is -1.58. The number of rotatable bonds is 12. The Hall–Kier alpha value is -3.26. The van der Waals surface area contributed by atoms with Gasteiger partial charge in [-0.2, -0.15) is 0 Å². The number of aliphatic carboxylic acids is 1. The van der Waals surface area contributed by atoms with Crippen LogP contribution in [0.5, 0.6) is 0 Å². The molecule has 0 aromatic heterocycles. The third kappa shape index (κ3) is 9.71. The summed E-state index contributed by atoms with van der Waals surface area (Å²) in [7, 11) is 0. The highest BCUT2D eigenvalue weighted by atomic mass is 16.4. The van der Waals surface area contributed by atoms with Gasteiger partial charge in [0, 0.05) is 0 Å². The molecule has 3 atom stereocenters. The molecule has 11 N–H and O–H groups in total. The lowest BCUT2D eigenvalue weighted by molar-refractivity contribution is -0.143. The van der Waals surface area contributed by atoms with Gasteiger partial charge in [0.2, 0.25) is 29.5 Å². The Labute approximate surface area is 152 Å². The molecular weight excluding hydrogens is 368 g/mol. The van der Waals surface area contributed by atoms with Crippen molar-refractivity contribution in [2.45, 2.75) is 31.0 Å². The highest BCUT2D eigenvalue weighted by molar-refractivity contribution is 5.95. The van der Waals surface area contributed by atoms with E-state index in [1.165, 1.54) is 0 Å². The molecule has 0 radical (unpaired) electrons. The molecule has 27 heavy (non-hydrogen) atoms. The van der Waals surface area contributed by atoms with Gasteiger partial charge in [0.1, 0.15) is 12.1 Å². The Balaban J connectivity index is 4.80. The summed E-state index contributed by atoms with van der Waals surface area (Å²) < 4.78 is 0. The van der Waals surface area contributed by atoms with Crippen LogP contribution in [-0.2, 0) is 28.8 Å². The predicted molar refractivity (Wildman–Crippen MR) is 87.2 cm³/mol. The molecule has 0 fully saturated rings. The summed E-state index contributed by atoms with van der Waals surface area (Å²) in [6.07, 6.45) is -1.13. The molecule has 5 amide bonds. The maximum atomic E-state index is 12.0. The monoisotopic (exact) mass is 390 g/mol. The fourth-order valence-corrected chi connectivity index (χ4v) is 1.72. The number of nitrogens with two attached hydrogens (primary N) is 3. The van der Waals surface area contributed by atoms with Crippen LogP contribution in [0.15, 0.2) is 0 Å². The Morgan fingerprint density at radius 1 is 0.852 bits per heavy atom. The standard InChI is InChI=1S/C13H22N6O8/c14-5(1-8(15)21)11(24)19-6(2-9(16)22)12(25)17-3-10(23)18-7(4-20)13(26)27/h5-7,20H,1-4,14H2,(H2,15,21)(H2,16,22)(H,17,25)(H,18,23)(H,19,24)(H,26,27). The Morgan fingerprint density at radius 3 is 1.85 bits per heavy atom. The van der Waals surface area contributed by atoms with E-state index in [4.69, 9.17) is 27.4 Å². The molecule has 0 saturated heterocycles. The second-order valence-electron chi connectivity index (χ2n) is 5.37. The average Bonchev–Trinajstić information content (AvgIpc) is 2.55. The molecule has 14 nitrogen and oxygen atoms in total. The van der Waals surface area contributed by atoms with Crippen molar-refractivity contribution in [3.05, 3.63) is 0 Å². The van der Waals surface area contributed by atoms with Gasteiger partial charge in [-0.25, -0.2) is 4.79 Å². The molecule has 0 spiro atoms. The van der Waals surface area contributed by atoms with E-state index in [2.05, 4.69) is 10.6 Å². The maximum absolute atomic E-state index is 12.0. The van der Waals surface area contributed by atoms with Gasteiger partial charge in [0.25, 0.3) is 0 Å². The number of primary amides is 2.